The number of aliphatic hydroxyl groups excluding tert-OH is 1. The third kappa shape index (κ3) is 5.16. The van der Waals surface area contributed by atoms with Crippen molar-refractivity contribution in [2.75, 3.05) is 36.1 Å². The Kier molecular flexibility index (Phi) is 8.61. The van der Waals surface area contributed by atoms with Crippen molar-refractivity contribution in [2.24, 2.45) is 17.8 Å². The number of carbonyl (C=O) groups excluding carboxylic acids is 3. The largest absolute Gasteiger partial charge is 0.494 e. The molecule has 46 heavy (non-hydrogen) atoms. The number of hydrogen-bond acceptors (Lipinski definition) is 6. The van der Waals surface area contributed by atoms with E-state index in [1.807, 2.05) is 88.4 Å². The van der Waals surface area contributed by atoms with Gasteiger partial charge in [0.25, 0.3) is 5.91 Å². The summed E-state index contributed by atoms with van der Waals surface area (Å²) < 4.78 is 3.91. The van der Waals surface area contributed by atoms with Crippen LogP contribution in [0.25, 0.3) is 0 Å². The zero-order valence-electron chi connectivity index (χ0n) is 27.6. The van der Waals surface area contributed by atoms with Gasteiger partial charge < -0.3 is 24.5 Å². The number of aliphatic hydroxyl groups is 1. The molecule has 244 valence electrons. The predicted octanol–water partition coefficient (Wildman–Crippen LogP) is 5.30. The van der Waals surface area contributed by atoms with Crippen LogP contribution in [0.1, 0.15) is 45.2 Å². The number of likely N-dealkylation sites (tertiary alicyclic amines) is 1. The molecule has 1 N–H and O–H groups in total. The van der Waals surface area contributed by atoms with Gasteiger partial charge in [-0.15, -0.1) is 11.8 Å². The van der Waals surface area contributed by atoms with Crippen LogP contribution in [0.5, 0.6) is 5.75 Å². The van der Waals surface area contributed by atoms with Gasteiger partial charge in [0.05, 0.1) is 35.8 Å². The second kappa shape index (κ2) is 12.2. The topological polar surface area (TPSA) is 90.4 Å². The molecule has 4 heterocycles. The van der Waals surface area contributed by atoms with E-state index in [1.165, 1.54) is 0 Å². The van der Waals surface area contributed by atoms with Gasteiger partial charge >= 0.3 is 0 Å². The zero-order valence-corrected chi connectivity index (χ0v) is 28.4. The molecule has 9 heteroatoms. The third-order valence-electron chi connectivity index (χ3n) is 9.96. The van der Waals surface area contributed by atoms with Crippen LogP contribution in [0.2, 0.25) is 0 Å². The molecule has 2 saturated heterocycles. The van der Waals surface area contributed by atoms with Crippen LogP contribution in [0.4, 0.5) is 11.4 Å². The van der Waals surface area contributed by atoms with E-state index in [0.717, 1.165) is 28.3 Å². The Bertz CT molecular complexity index is 1590. The first-order valence-electron chi connectivity index (χ1n) is 16.4. The van der Waals surface area contributed by atoms with E-state index in [2.05, 4.69) is 19.9 Å². The lowest BCUT2D eigenvalue weighted by Crippen LogP contribution is -2.57. The van der Waals surface area contributed by atoms with Crippen LogP contribution in [0.3, 0.4) is 0 Å². The Morgan fingerprint density at radius 1 is 0.935 bits per heavy atom. The van der Waals surface area contributed by atoms with Gasteiger partial charge in [0, 0.05) is 29.2 Å². The predicted molar refractivity (Wildman–Crippen MR) is 183 cm³/mol. The second-order valence-electron chi connectivity index (χ2n) is 13.6. The molecular formula is C37H45N3O5S. The lowest BCUT2D eigenvalue weighted by Gasteiger charge is -2.40. The summed E-state index contributed by atoms with van der Waals surface area (Å²) in [4.78, 5) is 49.9. The van der Waals surface area contributed by atoms with E-state index >= 15 is 0 Å². The molecule has 6 atom stereocenters. The van der Waals surface area contributed by atoms with Crippen molar-refractivity contribution in [1.82, 2.24) is 4.90 Å². The molecule has 4 aliphatic rings. The number of carbonyl (C=O) groups is 3. The summed E-state index contributed by atoms with van der Waals surface area (Å²) in [5.41, 5.74) is 3.55. The van der Waals surface area contributed by atoms with Gasteiger partial charge in [-0.05, 0) is 81.5 Å². The van der Waals surface area contributed by atoms with Gasteiger partial charge in [0.15, 0.2) is 0 Å². The molecule has 8 nitrogen and oxygen atoms in total. The molecule has 2 aromatic rings. The number of nitrogens with zero attached hydrogens (tertiary/aromatic N) is 3. The zero-order chi connectivity index (χ0) is 33.0. The molecule has 1 spiro atoms. The average Bonchev–Trinajstić information content (AvgIpc) is 3.29. The first-order chi connectivity index (χ1) is 22.0. The van der Waals surface area contributed by atoms with Crippen molar-refractivity contribution in [1.29, 1.82) is 0 Å². The molecule has 2 aromatic carbocycles. The number of amides is 3. The third-order valence-corrected chi connectivity index (χ3v) is 11.8. The van der Waals surface area contributed by atoms with Crippen LogP contribution in [0.15, 0.2) is 66.8 Å². The lowest BCUT2D eigenvalue weighted by molar-refractivity contribution is -0.142. The Labute approximate surface area is 276 Å². The van der Waals surface area contributed by atoms with Crippen molar-refractivity contribution < 1.29 is 24.2 Å². The van der Waals surface area contributed by atoms with E-state index < -0.39 is 33.4 Å². The minimum atomic E-state index is -0.994. The van der Waals surface area contributed by atoms with Crippen molar-refractivity contribution in [3.63, 3.8) is 0 Å². The maximum absolute atomic E-state index is 15.0. The fraction of sp³-hybridized carbons (Fsp3) is 0.486. The maximum atomic E-state index is 15.0. The van der Waals surface area contributed by atoms with Gasteiger partial charge in [0.1, 0.15) is 11.8 Å². The van der Waals surface area contributed by atoms with Gasteiger partial charge in [0.2, 0.25) is 11.8 Å². The van der Waals surface area contributed by atoms with Crippen LogP contribution >= 0.6 is 11.8 Å². The second-order valence-corrected chi connectivity index (χ2v) is 15.4. The average molecular weight is 644 g/mol. The summed E-state index contributed by atoms with van der Waals surface area (Å²) in [6, 6.07) is 12.1. The Morgan fingerprint density at radius 3 is 2.30 bits per heavy atom. The van der Waals surface area contributed by atoms with Gasteiger partial charge in [-0.25, -0.2) is 0 Å². The molecular weight excluding hydrogens is 598 g/mol. The minimum absolute atomic E-state index is 0.138. The summed E-state index contributed by atoms with van der Waals surface area (Å²) in [7, 11) is 0. The summed E-state index contributed by atoms with van der Waals surface area (Å²) >= 11 is 1.57. The summed E-state index contributed by atoms with van der Waals surface area (Å²) in [6.45, 7) is 13.1. The normalized spacial score (nSPS) is 29.5. The number of aryl methyl sites for hydroxylation is 2. The van der Waals surface area contributed by atoms with E-state index in [-0.39, 0.29) is 30.2 Å². The highest BCUT2D eigenvalue weighted by Gasteiger charge is 2.74. The fourth-order valence-electron chi connectivity index (χ4n) is 8.02. The van der Waals surface area contributed by atoms with Gasteiger partial charge in [-0.1, -0.05) is 50.3 Å². The van der Waals surface area contributed by atoms with E-state index in [0.29, 0.717) is 26.1 Å². The highest BCUT2D eigenvalue weighted by molar-refractivity contribution is 8.02. The van der Waals surface area contributed by atoms with Crippen LogP contribution < -0.4 is 14.5 Å². The maximum Gasteiger partial charge on any atom is 0.251 e. The van der Waals surface area contributed by atoms with E-state index in [9.17, 15) is 19.5 Å². The Hall–Kier alpha value is -3.56. The van der Waals surface area contributed by atoms with Crippen molar-refractivity contribution in [3.05, 3.63) is 77.9 Å². The summed E-state index contributed by atoms with van der Waals surface area (Å²) in [6.07, 6.45) is 8.66. The molecule has 0 bridgehead atoms. The van der Waals surface area contributed by atoms with Crippen molar-refractivity contribution in [2.45, 2.75) is 69.5 Å². The molecule has 1 unspecified atom stereocenters. The monoisotopic (exact) mass is 643 g/mol. The minimum Gasteiger partial charge on any atom is -0.494 e. The van der Waals surface area contributed by atoms with Crippen LogP contribution in [-0.2, 0) is 14.4 Å². The molecule has 0 aromatic heterocycles. The van der Waals surface area contributed by atoms with E-state index in [4.69, 9.17) is 4.74 Å². The molecule has 0 radical (unpaired) electrons. The van der Waals surface area contributed by atoms with Gasteiger partial charge in [-0.2, -0.15) is 0 Å². The van der Waals surface area contributed by atoms with Crippen LogP contribution in [-0.4, -0.2) is 75.6 Å². The first kappa shape index (κ1) is 32.4. The molecule has 0 saturated carbocycles. The summed E-state index contributed by atoms with van der Waals surface area (Å²) in [5.74, 6) is -1.14. The quantitative estimate of drug-likeness (QED) is 0.393. The Morgan fingerprint density at radius 2 is 1.63 bits per heavy atom. The van der Waals surface area contributed by atoms with Crippen molar-refractivity contribution in [3.8, 4) is 5.75 Å². The standard InChI is InChI=1S/C37H45N3O5S/c1-7-45-28-14-12-26(13-15-28)38-18-8-16-36(6)30(33(38)42)31-34(43)40(27(22-41)20-23(2)3)32-35(44)39(19-9-17-37(31,32)46-36)29-21-24(4)10-11-25(29)5/h8-17,21,23,27,30-32,41H,7,18-20,22H2,1-6H3/t27-,30-,31+,32?,36+,37+/m1/s1. The number of anilines is 2. The summed E-state index contributed by atoms with van der Waals surface area (Å²) in [5, 5.41) is 10.7. The molecule has 4 aliphatic heterocycles. The smallest absolute Gasteiger partial charge is 0.251 e. The molecule has 3 amide bonds. The van der Waals surface area contributed by atoms with Gasteiger partial charge in [-0.3, -0.25) is 14.4 Å². The highest BCUT2D eigenvalue weighted by Crippen LogP contribution is 2.66. The molecule has 0 aliphatic carbocycles. The number of rotatable bonds is 8. The van der Waals surface area contributed by atoms with Crippen molar-refractivity contribution >= 4 is 40.9 Å². The number of ether oxygens (including phenoxy) is 1. The highest BCUT2D eigenvalue weighted by atomic mass is 32.2. The van der Waals surface area contributed by atoms with Crippen LogP contribution in [0, 0.1) is 31.6 Å². The number of thioether (sulfide) groups is 1. The number of benzene rings is 2. The Balaban J connectivity index is 1.48. The lowest BCUT2D eigenvalue weighted by atomic mass is 9.74. The molecule has 2 fully saturated rings. The number of hydrogen-bond donors (Lipinski definition) is 1. The fourth-order valence-corrected chi connectivity index (χ4v) is 10.2. The van der Waals surface area contributed by atoms with E-state index in [1.54, 1.807) is 26.5 Å². The molecule has 6 rings (SSSR count). The number of fused-ring (bicyclic) bond motifs is 2. The SMILES string of the molecule is CCOc1ccc(N2CC=C[C@]3(C)S[C@]45C=CCN(c6cc(C)ccc6C)C(=O)C4N([C@@H](CO)CC(C)C)C(=O)[C@@H]5[C@@H]3C2=O)cc1. The first-order valence-corrected chi connectivity index (χ1v) is 17.2.